The number of aryl methyl sites for hydroxylation is 1. The number of thiazole rings is 1. The standard InChI is InChI=1S/C18H23N3O3S/c1-11-8-14(23-2)15(24-3)9-13(11)17(22)21-18-20-10-16(25-18)12-4-6-19-7-5-12/h8-10,12,19H,4-7H2,1-3H3,(H,20,21,22). The van der Waals surface area contributed by atoms with Crippen LogP contribution in [0.4, 0.5) is 5.13 Å². The lowest BCUT2D eigenvalue weighted by atomic mass is 9.97. The minimum absolute atomic E-state index is 0.190. The van der Waals surface area contributed by atoms with Gasteiger partial charge >= 0.3 is 0 Å². The molecule has 2 aromatic rings. The molecule has 0 atom stereocenters. The molecular formula is C18H23N3O3S. The van der Waals surface area contributed by atoms with Crippen LogP contribution in [0, 0.1) is 6.92 Å². The molecule has 134 valence electrons. The minimum atomic E-state index is -0.190. The van der Waals surface area contributed by atoms with Crippen molar-refractivity contribution in [3.8, 4) is 11.5 Å². The Morgan fingerprint density at radius 3 is 2.60 bits per heavy atom. The first kappa shape index (κ1) is 17.7. The number of nitrogens with one attached hydrogen (secondary N) is 2. The highest BCUT2D eigenvalue weighted by molar-refractivity contribution is 7.15. The summed E-state index contributed by atoms with van der Waals surface area (Å²) in [4.78, 5) is 18.2. The van der Waals surface area contributed by atoms with Gasteiger partial charge in [0.2, 0.25) is 0 Å². The highest BCUT2D eigenvalue weighted by atomic mass is 32.1. The number of amides is 1. The number of anilines is 1. The van der Waals surface area contributed by atoms with Gasteiger partial charge in [0.25, 0.3) is 5.91 Å². The zero-order valence-electron chi connectivity index (χ0n) is 14.7. The van der Waals surface area contributed by atoms with Crippen molar-refractivity contribution in [2.24, 2.45) is 0 Å². The molecule has 0 unspecified atom stereocenters. The molecule has 1 aliphatic heterocycles. The van der Waals surface area contributed by atoms with E-state index >= 15 is 0 Å². The van der Waals surface area contributed by atoms with Gasteiger partial charge in [0.05, 0.1) is 14.2 Å². The molecule has 1 aromatic heterocycles. The Bertz CT molecular complexity index is 754. The second kappa shape index (κ2) is 7.84. The Labute approximate surface area is 151 Å². The topological polar surface area (TPSA) is 72.5 Å². The first-order valence-electron chi connectivity index (χ1n) is 8.32. The monoisotopic (exact) mass is 361 g/mol. The van der Waals surface area contributed by atoms with Crippen LogP contribution in [0.3, 0.4) is 0 Å². The van der Waals surface area contributed by atoms with Crippen molar-refractivity contribution in [2.75, 3.05) is 32.6 Å². The Morgan fingerprint density at radius 1 is 1.24 bits per heavy atom. The first-order chi connectivity index (χ1) is 12.1. The number of benzene rings is 1. The highest BCUT2D eigenvalue weighted by Gasteiger charge is 2.20. The maximum absolute atomic E-state index is 12.6. The smallest absolute Gasteiger partial charge is 0.257 e. The largest absolute Gasteiger partial charge is 0.493 e. The van der Waals surface area contributed by atoms with E-state index in [-0.39, 0.29) is 5.91 Å². The van der Waals surface area contributed by atoms with Crippen LogP contribution in [0.25, 0.3) is 0 Å². The third-order valence-corrected chi connectivity index (χ3v) is 5.54. The second-order valence-corrected chi connectivity index (χ2v) is 7.13. The summed E-state index contributed by atoms with van der Waals surface area (Å²) in [6, 6.07) is 3.50. The summed E-state index contributed by atoms with van der Waals surface area (Å²) in [5.74, 6) is 1.49. The van der Waals surface area contributed by atoms with Crippen LogP contribution >= 0.6 is 11.3 Å². The molecule has 1 fully saturated rings. The van der Waals surface area contributed by atoms with Crippen molar-refractivity contribution in [2.45, 2.75) is 25.7 Å². The van der Waals surface area contributed by atoms with E-state index in [0.717, 1.165) is 31.5 Å². The summed E-state index contributed by atoms with van der Waals surface area (Å²) in [6.45, 7) is 3.95. The molecule has 1 saturated heterocycles. The second-order valence-electron chi connectivity index (χ2n) is 6.07. The number of carbonyl (C=O) groups is 1. The molecule has 0 saturated carbocycles. The number of hydrogen-bond acceptors (Lipinski definition) is 6. The van der Waals surface area contributed by atoms with E-state index in [1.165, 1.54) is 4.88 Å². The van der Waals surface area contributed by atoms with E-state index in [1.807, 2.05) is 13.1 Å². The van der Waals surface area contributed by atoms with Gasteiger partial charge in [-0.05, 0) is 56.5 Å². The fraction of sp³-hybridized carbons (Fsp3) is 0.444. The van der Waals surface area contributed by atoms with Gasteiger partial charge in [-0.2, -0.15) is 0 Å². The zero-order chi connectivity index (χ0) is 17.8. The molecule has 2 heterocycles. The van der Waals surface area contributed by atoms with Crippen LogP contribution in [-0.4, -0.2) is 38.2 Å². The molecule has 0 spiro atoms. The number of aromatic nitrogens is 1. The number of piperidine rings is 1. The summed E-state index contributed by atoms with van der Waals surface area (Å²) in [6.07, 6.45) is 4.12. The van der Waals surface area contributed by atoms with Crippen molar-refractivity contribution in [1.29, 1.82) is 0 Å². The number of carbonyl (C=O) groups excluding carboxylic acids is 1. The maximum Gasteiger partial charge on any atom is 0.257 e. The van der Waals surface area contributed by atoms with Gasteiger partial charge in [0.1, 0.15) is 0 Å². The van der Waals surface area contributed by atoms with Gasteiger partial charge in [0.15, 0.2) is 16.6 Å². The van der Waals surface area contributed by atoms with Crippen LogP contribution in [0.1, 0.15) is 39.6 Å². The van der Waals surface area contributed by atoms with Crippen molar-refractivity contribution in [1.82, 2.24) is 10.3 Å². The molecule has 1 amide bonds. The van der Waals surface area contributed by atoms with Crippen molar-refractivity contribution < 1.29 is 14.3 Å². The van der Waals surface area contributed by atoms with Crippen molar-refractivity contribution in [3.05, 3.63) is 34.3 Å². The number of rotatable bonds is 5. The third-order valence-electron chi connectivity index (χ3n) is 4.46. The molecule has 1 aliphatic rings. The summed E-state index contributed by atoms with van der Waals surface area (Å²) >= 11 is 1.56. The molecule has 2 N–H and O–H groups in total. The van der Waals surface area contributed by atoms with Crippen LogP contribution in [0.15, 0.2) is 18.3 Å². The molecule has 0 bridgehead atoms. The van der Waals surface area contributed by atoms with Gasteiger partial charge in [-0.1, -0.05) is 0 Å². The van der Waals surface area contributed by atoms with Gasteiger partial charge in [0, 0.05) is 16.6 Å². The molecule has 3 rings (SSSR count). The van der Waals surface area contributed by atoms with Crippen molar-refractivity contribution >= 4 is 22.4 Å². The van der Waals surface area contributed by atoms with E-state index in [9.17, 15) is 4.79 Å². The first-order valence-corrected chi connectivity index (χ1v) is 9.14. The van der Waals surface area contributed by atoms with Gasteiger partial charge < -0.3 is 14.8 Å². The lowest BCUT2D eigenvalue weighted by Gasteiger charge is -2.20. The summed E-state index contributed by atoms with van der Waals surface area (Å²) in [5.41, 5.74) is 1.38. The minimum Gasteiger partial charge on any atom is -0.493 e. The molecule has 6 nitrogen and oxygen atoms in total. The Balaban J connectivity index is 1.75. The van der Waals surface area contributed by atoms with Crippen LogP contribution < -0.4 is 20.1 Å². The average Bonchev–Trinajstić information content (AvgIpc) is 3.10. The lowest BCUT2D eigenvalue weighted by Crippen LogP contribution is -2.26. The SMILES string of the molecule is COc1cc(C)c(C(=O)Nc2ncc(C3CCNCC3)s2)cc1OC. The Kier molecular flexibility index (Phi) is 5.55. The average molecular weight is 361 g/mol. The summed E-state index contributed by atoms with van der Waals surface area (Å²) < 4.78 is 10.6. The number of hydrogen-bond donors (Lipinski definition) is 2. The lowest BCUT2D eigenvalue weighted by molar-refractivity contribution is 0.102. The number of methoxy groups -OCH3 is 2. The van der Waals surface area contributed by atoms with Gasteiger partial charge in [-0.15, -0.1) is 11.3 Å². The maximum atomic E-state index is 12.6. The summed E-state index contributed by atoms with van der Waals surface area (Å²) in [5, 5.41) is 6.90. The number of ether oxygens (including phenoxy) is 2. The third kappa shape index (κ3) is 3.93. The van der Waals surface area contributed by atoms with Crippen LogP contribution in [0.5, 0.6) is 11.5 Å². The molecular weight excluding hydrogens is 338 g/mol. The van der Waals surface area contributed by atoms with E-state index in [1.54, 1.807) is 37.7 Å². The molecule has 0 radical (unpaired) electrons. The van der Waals surface area contributed by atoms with Crippen molar-refractivity contribution in [3.63, 3.8) is 0 Å². The van der Waals surface area contributed by atoms with Crippen LogP contribution in [0.2, 0.25) is 0 Å². The molecule has 7 heteroatoms. The summed E-state index contributed by atoms with van der Waals surface area (Å²) in [7, 11) is 3.13. The zero-order valence-corrected chi connectivity index (χ0v) is 15.5. The van der Waals surface area contributed by atoms with Gasteiger partial charge in [-0.3, -0.25) is 10.1 Å². The quantitative estimate of drug-likeness (QED) is 0.856. The predicted octanol–water partition coefficient (Wildman–Crippen LogP) is 3.19. The fourth-order valence-corrected chi connectivity index (χ4v) is 4.01. The predicted molar refractivity (Wildman–Crippen MR) is 99.2 cm³/mol. The Morgan fingerprint density at radius 2 is 1.92 bits per heavy atom. The van der Waals surface area contributed by atoms with E-state index in [2.05, 4.69) is 15.6 Å². The Hall–Kier alpha value is -2.12. The van der Waals surface area contributed by atoms with E-state index in [0.29, 0.717) is 28.1 Å². The fourth-order valence-electron chi connectivity index (χ4n) is 3.03. The number of nitrogens with zero attached hydrogens (tertiary/aromatic N) is 1. The molecule has 0 aliphatic carbocycles. The normalized spacial score (nSPS) is 15.0. The van der Waals surface area contributed by atoms with Crippen LogP contribution in [-0.2, 0) is 0 Å². The van der Waals surface area contributed by atoms with E-state index in [4.69, 9.17) is 9.47 Å². The molecule has 25 heavy (non-hydrogen) atoms. The molecule has 1 aromatic carbocycles. The van der Waals surface area contributed by atoms with Gasteiger partial charge in [-0.25, -0.2) is 4.98 Å². The highest BCUT2D eigenvalue weighted by Crippen LogP contribution is 2.33. The van der Waals surface area contributed by atoms with E-state index < -0.39 is 0 Å².